The van der Waals surface area contributed by atoms with Crippen LogP contribution in [0.15, 0.2) is 35.3 Å². The smallest absolute Gasteiger partial charge is 0.191 e. The number of likely N-dealkylation sites (tertiary alicyclic amines) is 1. The van der Waals surface area contributed by atoms with Crippen LogP contribution in [0.2, 0.25) is 0 Å². The lowest BCUT2D eigenvalue weighted by Gasteiger charge is -2.36. The van der Waals surface area contributed by atoms with Crippen LogP contribution in [-0.2, 0) is 11.3 Å². The Labute approximate surface area is 146 Å². The van der Waals surface area contributed by atoms with Gasteiger partial charge in [0, 0.05) is 46.4 Å². The molecule has 2 N–H and O–H groups in total. The van der Waals surface area contributed by atoms with Gasteiger partial charge in [-0.3, -0.25) is 9.89 Å². The lowest BCUT2D eigenvalue weighted by atomic mass is 10.0. The Hall–Kier alpha value is -1.59. The first kappa shape index (κ1) is 18.7. The highest BCUT2D eigenvalue weighted by molar-refractivity contribution is 5.79. The predicted molar refractivity (Wildman–Crippen MR) is 100 cm³/mol. The fourth-order valence-electron chi connectivity index (χ4n) is 3.18. The monoisotopic (exact) mass is 332 g/mol. The molecule has 0 aromatic heterocycles. The largest absolute Gasteiger partial charge is 0.385 e. The number of nitrogens with zero attached hydrogens (tertiary/aromatic N) is 2. The summed E-state index contributed by atoms with van der Waals surface area (Å²) in [6, 6.07) is 11.3. The van der Waals surface area contributed by atoms with Crippen molar-refractivity contribution in [2.45, 2.75) is 38.3 Å². The zero-order valence-corrected chi connectivity index (χ0v) is 15.1. The van der Waals surface area contributed by atoms with Gasteiger partial charge in [0.1, 0.15) is 0 Å². The van der Waals surface area contributed by atoms with E-state index in [4.69, 9.17) is 4.74 Å². The summed E-state index contributed by atoms with van der Waals surface area (Å²) in [5.74, 6) is 0.885. The van der Waals surface area contributed by atoms with Crippen LogP contribution in [-0.4, -0.2) is 57.3 Å². The molecule has 5 nitrogen and oxygen atoms in total. The number of hydrogen-bond donors (Lipinski definition) is 2. The normalized spacial score (nSPS) is 19.2. The molecular formula is C19H32N4O. The Balaban J connectivity index is 1.79. The average Bonchev–Trinajstić information content (AvgIpc) is 2.63. The molecule has 0 radical (unpaired) electrons. The summed E-state index contributed by atoms with van der Waals surface area (Å²) >= 11 is 0. The first-order valence-corrected chi connectivity index (χ1v) is 9.05. The molecule has 1 aromatic rings. The van der Waals surface area contributed by atoms with E-state index in [-0.39, 0.29) is 0 Å². The maximum Gasteiger partial charge on any atom is 0.191 e. The van der Waals surface area contributed by atoms with Gasteiger partial charge in [0.2, 0.25) is 0 Å². The molecule has 134 valence electrons. The van der Waals surface area contributed by atoms with E-state index in [1.807, 2.05) is 7.05 Å². The lowest BCUT2D eigenvalue weighted by Crippen LogP contribution is -2.48. The van der Waals surface area contributed by atoms with Crippen molar-refractivity contribution >= 4 is 5.96 Å². The number of benzene rings is 1. The van der Waals surface area contributed by atoms with Crippen LogP contribution in [0.1, 0.15) is 31.2 Å². The van der Waals surface area contributed by atoms with Crippen molar-refractivity contribution in [3.8, 4) is 0 Å². The van der Waals surface area contributed by atoms with Crippen molar-refractivity contribution in [2.75, 3.05) is 40.4 Å². The maximum atomic E-state index is 5.08. The van der Waals surface area contributed by atoms with Gasteiger partial charge in [0.05, 0.1) is 0 Å². The summed E-state index contributed by atoms with van der Waals surface area (Å²) in [7, 11) is 3.56. The van der Waals surface area contributed by atoms with E-state index in [9.17, 15) is 0 Å². The minimum atomic E-state index is 0.566. The number of nitrogens with one attached hydrogen (secondary N) is 2. The second-order valence-electron chi connectivity index (χ2n) is 6.33. The molecule has 1 fully saturated rings. The zero-order valence-electron chi connectivity index (χ0n) is 15.1. The van der Waals surface area contributed by atoms with Gasteiger partial charge in [0.15, 0.2) is 5.96 Å². The predicted octanol–water partition coefficient (Wildman–Crippen LogP) is 2.24. The molecule has 1 unspecified atom stereocenters. The van der Waals surface area contributed by atoms with Crippen molar-refractivity contribution in [1.82, 2.24) is 15.5 Å². The molecule has 1 aliphatic heterocycles. The SMILES string of the molecule is CN=C(NCCCOC)NCC1CCCCN1Cc1ccccc1. The standard InChI is InChI=1S/C19H32N4O/c1-20-19(21-12-8-14-24-2)22-15-18-11-6-7-13-23(18)16-17-9-4-3-5-10-17/h3-5,9-10,18H,6-8,11-16H2,1-2H3,(H2,20,21,22). The van der Waals surface area contributed by atoms with Gasteiger partial charge < -0.3 is 15.4 Å². The molecule has 2 rings (SSSR count). The third kappa shape index (κ3) is 6.49. The number of hydrogen-bond acceptors (Lipinski definition) is 3. The molecule has 5 heteroatoms. The zero-order chi connectivity index (χ0) is 17.0. The molecule has 1 aliphatic rings. The van der Waals surface area contributed by atoms with E-state index in [0.29, 0.717) is 6.04 Å². The number of piperidine rings is 1. The van der Waals surface area contributed by atoms with Crippen molar-refractivity contribution in [2.24, 2.45) is 4.99 Å². The molecule has 0 aliphatic carbocycles. The number of methoxy groups -OCH3 is 1. The first-order valence-electron chi connectivity index (χ1n) is 9.05. The molecule has 24 heavy (non-hydrogen) atoms. The third-order valence-electron chi connectivity index (χ3n) is 4.52. The minimum Gasteiger partial charge on any atom is -0.385 e. The summed E-state index contributed by atoms with van der Waals surface area (Å²) in [6.07, 6.45) is 4.85. The molecule has 1 aromatic carbocycles. The molecule has 1 saturated heterocycles. The van der Waals surface area contributed by atoms with Gasteiger partial charge in [-0.2, -0.15) is 0 Å². The summed E-state index contributed by atoms with van der Waals surface area (Å²) in [6.45, 7) is 4.81. The van der Waals surface area contributed by atoms with Crippen LogP contribution >= 0.6 is 0 Å². The Bertz CT molecular complexity index is 478. The van der Waals surface area contributed by atoms with Crippen molar-refractivity contribution in [1.29, 1.82) is 0 Å². The molecule has 0 amide bonds. The van der Waals surface area contributed by atoms with E-state index < -0.39 is 0 Å². The summed E-state index contributed by atoms with van der Waals surface area (Å²) < 4.78 is 5.08. The van der Waals surface area contributed by atoms with E-state index in [2.05, 4.69) is 50.9 Å². The number of rotatable bonds is 8. The summed E-state index contributed by atoms with van der Waals surface area (Å²) in [4.78, 5) is 6.92. The molecule has 0 saturated carbocycles. The van der Waals surface area contributed by atoms with E-state index in [1.54, 1.807) is 7.11 Å². The highest BCUT2D eigenvalue weighted by Gasteiger charge is 2.22. The summed E-state index contributed by atoms with van der Waals surface area (Å²) in [5, 5.41) is 6.84. The highest BCUT2D eigenvalue weighted by atomic mass is 16.5. The van der Waals surface area contributed by atoms with Gasteiger partial charge in [-0.15, -0.1) is 0 Å². The number of guanidine groups is 1. The fraction of sp³-hybridized carbons (Fsp3) is 0.632. The molecule has 0 spiro atoms. The van der Waals surface area contributed by atoms with Crippen LogP contribution in [0, 0.1) is 0 Å². The fourth-order valence-corrected chi connectivity index (χ4v) is 3.18. The van der Waals surface area contributed by atoms with Crippen LogP contribution in [0.3, 0.4) is 0 Å². The van der Waals surface area contributed by atoms with E-state index >= 15 is 0 Å². The average molecular weight is 332 g/mol. The highest BCUT2D eigenvalue weighted by Crippen LogP contribution is 2.19. The quantitative estimate of drug-likeness (QED) is 0.435. The lowest BCUT2D eigenvalue weighted by molar-refractivity contribution is 0.141. The summed E-state index contributed by atoms with van der Waals surface area (Å²) in [5.41, 5.74) is 1.39. The minimum absolute atomic E-state index is 0.566. The Morgan fingerprint density at radius 1 is 1.25 bits per heavy atom. The number of aliphatic imine (C=N–C) groups is 1. The molecule has 0 bridgehead atoms. The third-order valence-corrected chi connectivity index (χ3v) is 4.52. The Kier molecular flexibility index (Phi) is 8.63. The topological polar surface area (TPSA) is 48.9 Å². The Morgan fingerprint density at radius 2 is 2.08 bits per heavy atom. The second kappa shape index (κ2) is 11.0. The molecule has 1 atom stereocenters. The van der Waals surface area contributed by atoms with Crippen molar-refractivity contribution in [3.05, 3.63) is 35.9 Å². The molecular weight excluding hydrogens is 300 g/mol. The van der Waals surface area contributed by atoms with Crippen LogP contribution in [0.25, 0.3) is 0 Å². The first-order chi connectivity index (χ1) is 11.8. The van der Waals surface area contributed by atoms with Crippen molar-refractivity contribution < 1.29 is 4.74 Å². The Morgan fingerprint density at radius 3 is 2.83 bits per heavy atom. The molecule has 1 heterocycles. The van der Waals surface area contributed by atoms with E-state index in [1.165, 1.54) is 31.4 Å². The second-order valence-corrected chi connectivity index (χ2v) is 6.33. The van der Waals surface area contributed by atoms with Crippen LogP contribution < -0.4 is 10.6 Å². The van der Waals surface area contributed by atoms with Crippen molar-refractivity contribution in [3.63, 3.8) is 0 Å². The van der Waals surface area contributed by atoms with Gasteiger partial charge in [-0.1, -0.05) is 36.8 Å². The van der Waals surface area contributed by atoms with Crippen LogP contribution in [0.5, 0.6) is 0 Å². The number of ether oxygens (including phenoxy) is 1. The van der Waals surface area contributed by atoms with Gasteiger partial charge in [-0.05, 0) is 31.4 Å². The van der Waals surface area contributed by atoms with Gasteiger partial charge in [-0.25, -0.2) is 0 Å². The van der Waals surface area contributed by atoms with Gasteiger partial charge >= 0.3 is 0 Å². The van der Waals surface area contributed by atoms with E-state index in [0.717, 1.165) is 38.6 Å². The maximum absolute atomic E-state index is 5.08. The van der Waals surface area contributed by atoms with Crippen LogP contribution in [0.4, 0.5) is 0 Å². The van der Waals surface area contributed by atoms with Gasteiger partial charge in [0.25, 0.3) is 0 Å².